The van der Waals surface area contributed by atoms with Crippen LogP contribution in [0.5, 0.6) is 0 Å². The number of nitrogens with zero attached hydrogens (tertiary/aromatic N) is 1. The van der Waals surface area contributed by atoms with Crippen molar-refractivity contribution in [2.24, 2.45) is 23.7 Å². The summed E-state index contributed by atoms with van der Waals surface area (Å²) in [5, 5.41) is 2.74. The number of likely N-dealkylation sites (tertiary alicyclic amines) is 1. The number of anilines is 1. The zero-order valence-corrected chi connectivity index (χ0v) is 14.5. The Morgan fingerprint density at radius 2 is 1.58 bits per heavy atom. The zero-order chi connectivity index (χ0) is 16.8. The van der Waals surface area contributed by atoms with E-state index in [4.69, 9.17) is 0 Å². The van der Waals surface area contributed by atoms with Crippen LogP contribution in [-0.2, 0) is 14.4 Å². The van der Waals surface area contributed by atoms with E-state index in [0.717, 1.165) is 22.2 Å². The molecule has 3 aliphatic carbocycles. The van der Waals surface area contributed by atoms with Crippen LogP contribution < -0.4 is 5.32 Å². The first-order chi connectivity index (χ1) is 11.5. The lowest BCUT2D eigenvalue weighted by Crippen LogP contribution is -2.38. The molecule has 2 bridgehead atoms. The number of rotatable bonds is 3. The third-order valence-corrected chi connectivity index (χ3v) is 5.81. The van der Waals surface area contributed by atoms with Crippen molar-refractivity contribution in [3.05, 3.63) is 40.9 Å². The smallest absolute Gasteiger partial charge is 0.244 e. The van der Waals surface area contributed by atoms with E-state index in [1.165, 1.54) is 0 Å². The van der Waals surface area contributed by atoms with Gasteiger partial charge in [0.15, 0.2) is 0 Å². The molecule has 24 heavy (non-hydrogen) atoms. The van der Waals surface area contributed by atoms with E-state index in [1.807, 2.05) is 12.1 Å². The second-order valence-corrected chi connectivity index (χ2v) is 7.57. The second kappa shape index (κ2) is 5.84. The molecule has 1 aromatic carbocycles. The molecule has 1 saturated carbocycles. The number of carbonyl (C=O) groups excluding carboxylic acids is 3. The number of nitrogens with one attached hydrogen (secondary N) is 1. The largest absolute Gasteiger partial charge is 0.325 e. The van der Waals surface area contributed by atoms with Crippen LogP contribution in [0.2, 0.25) is 0 Å². The normalized spacial score (nSPS) is 30.6. The van der Waals surface area contributed by atoms with Crippen LogP contribution in [-0.4, -0.2) is 29.2 Å². The lowest BCUT2D eigenvalue weighted by atomic mass is 9.63. The van der Waals surface area contributed by atoms with Crippen LogP contribution in [0.15, 0.2) is 40.9 Å². The standard InChI is InChI=1S/C18H17BrN2O3/c19-12-5-7-13(8-6-12)20-14(22)9-21-17(23)15-10-1-2-11(4-3-10)16(15)18(21)24/h1-2,5-8,10-11,15-16H,3-4,9H2,(H,20,22)/t10-,11-,15-,16-/m0/s1. The summed E-state index contributed by atoms with van der Waals surface area (Å²) in [6, 6.07) is 7.17. The molecule has 6 heteroatoms. The fourth-order valence-corrected chi connectivity index (χ4v) is 4.43. The minimum Gasteiger partial charge on any atom is -0.325 e. The molecule has 0 unspecified atom stereocenters. The molecule has 5 rings (SSSR count). The molecular weight excluding hydrogens is 372 g/mol. The number of hydrogen-bond donors (Lipinski definition) is 1. The van der Waals surface area contributed by atoms with E-state index in [2.05, 4.69) is 33.4 Å². The van der Waals surface area contributed by atoms with Gasteiger partial charge in [-0.3, -0.25) is 19.3 Å². The van der Waals surface area contributed by atoms with Gasteiger partial charge in [-0.25, -0.2) is 0 Å². The summed E-state index contributed by atoms with van der Waals surface area (Å²) in [6.07, 6.45) is 6.07. The average Bonchev–Trinajstić information content (AvgIpc) is 2.85. The van der Waals surface area contributed by atoms with Crippen molar-refractivity contribution in [2.75, 3.05) is 11.9 Å². The molecule has 1 aromatic rings. The van der Waals surface area contributed by atoms with E-state index in [-0.39, 0.29) is 47.9 Å². The van der Waals surface area contributed by atoms with E-state index in [9.17, 15) is 14.4 Å². The van der Waals surface area contributed by atoms with Gasteiger partial charge in [0.05, 0.1) is 11.8 Å². The number of allylic oxidation sites excluding steroid dienone is 2. The maximum absolute atomic E-state index is 12.7. The third-order valence-electron chi connectivity index (χ3n) is 5.28. The van der Waals surface area contributed by atoms with E-state index >= 15 is 0 Å². The van der Waals surface area contributed by atoms with E-state index in [0.29, 0.717) is 5.69 Å². The molecule has 0 aromatic heterocycles. The highest BCUT2D eigenvalue weighted by Crippen LogP contribution is 2.49. The molecule has 0 radical (unpaired) electrons. The maximum Gasteiger partial charge on any atom is 0.244 e. The molecule has 1 heterocycles. The Labute approximate surface area is 148 Å². The van der Waals surface area contributed by atoms with Crippen molar-refractivity contribution >= 4 is 39.3 Å². The number of imide groups is 1. The fourth-order valence-electron chi connectivity index (χ4n) is 4.17. The summed E-state index contributed by atoms with van der Waals surface area (Å²) in [7, 11) is 0. The van der Waals surface area contributed by atoms with Gasteiger partial charge in [0.1, 0.15) is 6.54 Å². The third kappa shape index (κ3) is 2.49. The second-order valence-electron chi connectivity index (χ2n) is 6.66. The molecule has 1 aliphatic heterocycles. The number of carbonyl (C=O) groups is 3. The van der Waals surface area contributed by atoms with Crippen LogP contribution in [0.3, 0.4) is 0 Å². The Hall–Kier alpha value is -1.95. The summed E-state index contributed by atoms with van der Waals surface area (Å²) < 4.78 is 0.914. The molecule has 5 nitrogen and oxygen atoms in total. The van der Waals surface area contributed by atoms with Gasteiger partial charge >= 0.3 is 0 Å². The van der Waals surface area contributed by atoms with Crippen molar-refractivity contribution in [3.8, 4) is 0 Å². The number of hydrogen-bond acceptors (Lipinski definition) is 3. The lowest BCUT2D eigenvalue weighted by molar-refractivity contribution is -0.142. The average molecular weight is 389 g/mol. The number of benzene rings is 1. The Morgan fingerprint density at radius 1 is 1.04 bits per heavy atom. The molecule has 124 valence electrons. The maximum atomic E-state index is 12.7. The van der Waals surface area contributed by atoms with Crippen LogP contribution in [0.25, 0.3) is 0 Å². The van der Waals surface area contributed by atoms with Crippen LogP contribution in [0.4, 0.5) is 5.69 Å². The van der Waals surface area contributed by atoms with E-state index in [1.54, 1.807) is 12.1 Å². The Kier molecular flexibility index (Phi) is 3.79. The molecular formula is C18H17BrN2O3. The molecule has 4 atom stereocenters. The van der Waals surface area contributed by atoms with E-state index < -0.39 is 0 Å². The fraction of sp³-hybridized carbons (Fsp3) is 0.389. The Morgan fingerprint density at radius 3 is 2.08 bits per heavy atom. The number of halogens is 1. The first kappa shape index (κ1) is 15.6. The quantitative estimate of drug-likeness (QED) is 0.639. The van der Waals surface area contributed by atoms with Gasteiger partial charge in [-0.05, 0) is 48.9 Å². The van der Waals surface area contributed by atoms with Gasteiger partial charge in [0, 0.05) is 10.2 Å². The highest BCUT2D eigenvalue weighted by molar-refractivity contribution is 9.10. The predicted octanol–water partition coefficient (Wildman–Crippen LogP) is 2.58. The number of amides is 3. The Balaban J connectivity index is 1.47. The number of fused-ring (bicyclic) bond motifs is 1. The van der Waals surface area contributed by atoms with Crippen molar-refractivity contribution in [2.45, 2.75) is 12.8 Å². The monoisotopic (exact) mass is 388 g/mol. The van der Waals surface area contributed by atoms with Crippen LogP contribution in [0, 0.1) is 23.7 Å². The predicted molar refractivity (Wildman–Crippen MR) is 91.8 cm³/mol. The van der Waals surface area contributed by atoms with Gasteiger partial charge in [0.2, 0.25) is 17.7 Å². The van der Waals surface area contributed by atoms with Gasteiger partial charge in [0.25, 0.3) is 0 Å². The molecule has 4 aliphatic rings. The molecule has 2 fully saturated rings. The van der Waals surface area contributed by atoms with Crippen molar-refractivity contribution in [3.63, 3.8) is 0 Å². The summed E-state index contributed by atoms with van der Waals surface area (Å²) in [5.41, 5.74) is 0.640. The lowest BCUT2D eigenvalue weighted by Gasteiger charge is -2.38. The summed E-state index contributed by atoms with van der Waals surface area (Å²) in [4.78, 5) is 38.7. The minimum absolute atomic E-state index is 0.149. The highest BCUT2D eigenvalue weighted by Gasteiger charge is 2.56. The zero-order valence-electron chi connectivity index (χ0n) is 12.9. The molecule has 1 saturated heterocycles. The first-order valence-corrected chi connectivity index (χ1v) is 8.93. The van der Waals surface area contributed by atoms with Gasteiger partial charge in [-0.2, -0.15) is 0 Å². The topological polar surface area (TPSA) is 66.5 Å². The van der Waals surface area contributed by atoms with Gasteiger partial charge in [-0.1, -0.05) is 28.1 Å². The molecule has 0 spiro atoms. The summed E-state index contributed by atoms with van der Waals surface area (Å²) in [6.45, 7) is -0.208. The van der Waals surface area contributed by atoms with Gasteiger partial charge < -0.3 is 5.32 Å². The van der Waals surface area contributed by atoms with Crippen molar-refractivity contribution < 1.29 is 14.4 Å². The summed E-state index contributed by atoms with van der Waals surface area (Å²) >= 11 is 3.33. The van der Waals surface area contributed by atoms with Crippen LogP contribution >= 0.6 is 15.9 Å². The van der Waals surface area contributed by atoms with Crippen molar-refractivity contribution in [1.82, 2.24) is 4.90 Å². The highest BCUT2D eigenvalue weighted by atomic mass is 79.9. The van der Waals surface area contributed by atoms with Crippen molar-refractivity contribution in [1.29, 1.82) is 0 Å². The minimum atomic E-state index is -0.349. The summed E-state index contributed by atoms with van der Waals surface area (Å²) in [5.74, 6) is -0.946. The van der Waals surface area contributed by atoms with Gasteiger partial charge in [-0.15, -0.1) is 0 Å². The molecule has 1 N–H and O–H groups in total. The SMILES string of the molecule is O=C(CN1C(=O)[C@@H]2[C@@H](C1=O)[C@H]1C=C[C@H]2CC1)Nc1ccc(Br)cc1. The van der Waals surface area contributed by atoms with Crippen LogP contribution in [0.1, 0.15) is 12.8 Å². The Bertz CT molecular complexity index is 711. The first-order valence-electron chi connectivity index (χ1n) is 8.13. The molecule has 3 amide bonds.